The van der Waals surface area contributed by atoms with Gasteiger partial charge in [-0.1, -0.05) is 0 Å². The van der Waals surface area contributed by atoms with Gasteiger partial charge in [0.1, 0.15) is 23.0 Å². The van der Waals surface area contributed by atoms with Crippen molar-refractivity contribution in [1.82, 2.24) is 14.5 Å². The average Bonchev–Trinajstić information content (AvgIpc) is 2.79. The zero-order chi connectivity index (χ0) is 17.5. The number of ether oxygens (including phenoxy) is 2. The molecule has 8 heteroatoms. The Bertz CT molecular complexity index is 874. The molecular weight excluding hydrogens is 330 g/mol. The zero-order valence-corrected chi connectivity index (χ0v) is 15.0. The van der Waals surface area contributed by atoms with Crippen LogP contribution in [0, 0.1) is 13.8 Å². The van der Waals surface area contributed by atoms with Gasteiger partial charge in [-0.15, -0.1) is 0 Å². The Kier molecular flexibility index (Phi) is 4.27. The molecule has 1 aliphatic rings. The molecule has 0 saturated carbocycles. The Balaban J connectivity index is 1.84. The molecule has 1 N–H and O–H groups in total. The lowest BCUT2D eigenvalue weighted by atomic mass is 10.0. The van der Waals surface area contributed by atoms with Gasteiger partial charge in [0.2, 0.25) is 10.0 Å². The van der Waals surface area contributed by atoms with Crippen molar-refractivity contribution in [2.45, 2.75) is 31.2 Å². The fourth-order valence-corrected chi connectivity index (χ4v) is 4.65. The molecule has 3 rings (SSSR count). The first-order valence-electron chi connectivity index (χ1n) is 7.64. The molecule has 1 aliphatic heterocycles. The number of aryl methyl sites for hydroxylation is 2. The highest BCUT2D eigenvalue weighted by Crippen LogP contribution is 2.29. The molecule has 2 heterocycles. The van der Waals surface area contributed by atoms with Gasteiger partial charge in [-0.25, -0.2) is 13.1 Å². The number of nitrogens with one attached hydrogen (secondary N) is 1. The molecule has 0 saturated heterocycles. The van der Waals surface area contributed by atoms with Gasteiger partial charge in [0.05, 0.1) is 24.5 Å². The Labute approximate surface area is 141 Å². The molecule has 7 nitrogen and oxygen atoms in total. The lowest BCUT2D eigenvalue weighted by Crippen LogP contribution is -2.42. The van der Waals surface area contributed by atoms with Crippen LogP contribution in [0.2, 0.25) is 0 Å². The average molecular weight is 351 g/mol. The van der Waals surface area contributed by atoms with Gasteiger partial charge in [0.25, 0.3) is 0 Å². The first-order valence-corrected chi connectivity index (χ1v) is 9.12. The van der Waals surface area contributed by atoms with Crippen molar-refractivity contribution in [3.05, 3.63) is 35.2 Å². The van der Waals surface area contributed by atoms with E-state index in [0.717, 1.165) is 17.1 Å². The largest absolute Gasteiger partial charge is 0.497 e. The normalized spacial score (nSPS) is 17.2. The Morgan fingerprint density at radius 1 is 1.38 bits per heavy atom. The van der Waals surface area contributed by atoms with Gasteiger partial charge in [0.15, 0.2) is 0 Å². The summed E-state index contributed by atoms with van der Waals surface area (Å²) in [6.07, 6.45) is 0.546. The van der Waals surface area contributed by atoms with Crippen LogP contribution in [0.5, 0.6) is 11.5 Å². The van der Waals surface area contributed by atoms with Crippen LogP contribution in [-0.4, -0.2) is 38.0 Å². The van der Waals surface area contributed by atoms with E-state index < -0.39 is 10.0 Å². The van der Waals surface area contributed by atoms with Crippen molar-refractivity contribution in [3.63, 3.8) is 0 Å². The standard InChI is InChI=1S/C16H21N3O4S/c1-10-16(11(2)19(3)17-10)24(20,21)18-13-7-12-8-14(22-4)5-6-15(12)23-9-13/h5-6,8,13,18H,7,9H2,1-4H3/t13-/m1/s1. The van der Waals surface area contributed by atoms with E-state index in [4.69, 9.17) is 9.47 Å². The van der Waals surface area contributed by atoms with Crippen LogP contribution < -0.4 is 14.2 Å². The number of rotatable bonds is 4. The van der Waals surface area contributed by atoms with Gasteiger partial charge in [-0.2, -0.15) is 5.10 Å². The molecule has 0 aliphatic carbocycles. The van der Waals surface area contributed by atoms with Gasteiger partial charge in [-0.05, 0) is 44.0 Å². The van der Waals surface area contributed by atoms with Gasteiger partial charge in [0, 0.05) is 7.05 Å². The van der Waals surface area contributed by atoms with Crippen LogP contribution in [0.15, 0.2) is 23.1 Å². The minimum Gasteiger partial charge on any atom is -0.497 e. The third kappa shape index (κ3) is 2.99. The lowest BCUT2D eigenvalue weighted by molar-refractivity contribution is 0.253. The van der Waals surface area contributed by atoms with Gasteiger partial charge in [-0.3, -0.25) is 4.68 Å². The summed E-state index contributed by atoms with van der Waals surface area (Å²) >= 11 is 0. The number of aromatic nitrogens is 2. The van der Waals surface area contributed by atoms with Crippen molar-refractivity contribution in [1.29, 1.82) is 0 Å². The van der Waals surface area contributed by atoms with Crippen molar-refractivity contribution in [3.8, 4) is 11.5 Å². The second-order valence-electron chi connectivity index (χ2n) is 5.93. The summed E-state index contributed by atoms with van der Waals surface area (Å²) in [5.74, 6) is 1.49. The van der Waals surface area contributed by atoms with Crippen molar-refractivity contribution >= 4 is 10.0 Å². The van der Waals surface area contributed by atoms with Crippen molar-refractivity contribution < 1.29 is 17.9 Å². The fraction of sp³-hybridized carbons (Fsp3) is 0.438. The van der Waals surface area contributed by atoms with Crippen LogP contribution in [0.1, 0.15) is 17.0 Å². The summed E-state index contributed by atoms with van der Waals surface area (Å²) in [7, 11) is -0.337. The number of hydrogen-bond donors (Lipinski definition) is 1. The molecule has 0 radical (unpaired) electrons. The second-order valence-corrected chi connectivity index (χ2v) is 7.58. The Hall–Kier alpha value is -2.06. The molecule has 0 amide bonds. The van der Waals surface area contributed by atoms with Crippen LogP contribution in [0.25, 0.3) is 0 Å². The maximum absolute atomic E-state index is 12.7. The molecule has 0 fully saturated rings. The van der Waals surface area contributed by atoms with E-state index in [1.54, 1.807) is 32.7 Å². The van der Waals surface area contributed by atoms with Crippen LogP contribution >= 0.6 is 0 Å². The molecule has 1 atom stereocenters. The van der Waals surface area contributed by atoms with Crippen LogP contribution in [0.3, 0.4) is 0 Å². The SMILES string of the molecule is COc1ccc2c(c1)C[C@@H](NS(=O)(=O)c1c(C)nn(C)c1C)CO2. The Morgan fingerprint density at radius 3 is 2.75 bits per heavy atom. The topological polar surface area (TPSA) is 82.5 Å². The summed E-state index contributed by atoms with van der Waals surface area (Å²) in [6, 6.07) is 5.20. The van der Waals surface area contributed by atoms with E-state index in [-0.39, 0.29) is 17.5 Å². The molecule has 24 heavy (non-hydrogen) atoms. The first-order chi connectivity index (χ1) is 11.3. The smallest absolute Gasteiger partial charge is 0.244 e. The monoisotopic (exact) mass is 351 g/mol. The maximum atomic E-state index is 12.7. The predicted molar refractivity (Wildman–Crippen MR) is 89.0 cm³/mol. The minimum absolute atomic E-state index is 0.237. The summed E-state index contributed by atoms with van der Waals surface area (Å²) in [4.78, 5) is 0.237. The molecule has 130 valence electrons. The lowest BCUT2D eigenvalue weighted by Gasteiger charge is -2.26. The predicted octanol–water partition coefficient (Wildman–Crippen LogP) is 1.33. The van der Waals surface area contributed by atoms with Crippen molar-refractivity contribution in [2.24, 2.45) is 7.05 Å². The van der Waals surface area contributed by atoms with E-state index in [1.807, 2.05) is 18.2 Å². The van der Waals surface area contributed by atoms with E-state index in [1.165, 1.54) is 0 Å². The summed E-state index contributed by atoms with van der Waals surface area (Å²) in [5.41, 5.74) is 2.02. The molecule has 0 unspecified atom stereocenters. The molecule has 0 spiro atoms. The molecule has 0 bridgehead atoms. The molecular formula is C16H21N3O4S. The quantitative estimate of drug-likeness (QED) is 0.898. The number of fused-ring (bicyclic) bond motifs is 1. The van der Waals surface area contributed by atoms with E-state index >= 15 is 0 Å². The first kappa shape index (κ1) is 16.8. The highest BCUT2D eigenvalue weighted by Gasteiger charge is 2.29. The molecule has 2 aromatic rings. The van der Waals surface area contributed by atoms with Gasteiger partial charge < -0.3 is 9.47 Å². The van der Waals surface area contributed by atoms with E-state index in [2.05, 4.69) is 9.82 Å². The maximum Gasteiger partial charge on any atom is 0.244 e. The van der Waals surface area contributed by atoms with Crippen molar-refractivity contribution in [2.75, 3.05) is 13.7 Å². The summed E-state index contributed by atoms with van der Waals surface area (Å²) in [6.45, 7) is 3.72. The third-order valence-electron chi connectivity index (χ3n) is 4.21. The summed E-state index contributed by atoms with van der Waals surface area (Å²) in [5, 5.41) is 4.18. The Morgan fingerprint density at radius 2 is 2.12 bits per heavy atom. The minimum atomic E-state index is -3.66. The summed E-state index contributed by atoms with van der Waals surface area (Å²) < 4.78 is 40.7. The molecule has 1 aromatic heterocycles. The van der Waals surface area contributed by atoms with Crippen LogP contribution in [0.4, 0.5) is 0 Å². The number of benzene rings is 1. The van der Waals surface area contributed by atoms with E-state index in [9.17, 15) is 8.42 Å². The van der Waals surface area contributed by atoms with Crippen LogP contribution in [-0.2, 0) is 23.5 Å². The molecule has 1 aromatic carbocycles. The zero-order valence-electron chi connectivity index (χ0n) is 14.2. The van der Waals surface area contributed by atoms with E-state index in [0.29, 0.717) is 17.8 Å². The fourth-order valence-electron chi connectivity index (χ4n) is 2.99. The third-order valence-corrected chi connectivity index (χ3v) is 5.98. The highest BCUT2D eigenvalue weighted by molar-refractivity contribution is 7.89. The number of nitrogens with zero attached hydrogens (tertiary/aromatic N) is 2. The van der Waals surface area contributed by atoms with Gasteiger partial charge >= 0.3 is 0 Å². The number of sulfonamides is 1. The second kappa shape index (κ2) is 6.10. The highest BCUT2D eigenvalue weighted by atomic mass is 32.2. The number of methoxy groups -OCH3 is 1. The number of hydrogen-bond acceptors (Lipinski definition) is 5.